The summed E-state index contributed by atoms with van der Waals surface area (Å²) in [6.07, 6.45) is 9.01. The highest BCUT2D eigenvalue weighted by molar-refractivity contribution is 7.99. The summed E-state index contributed by atoms with van der Waals surface area (Å²) in [5.41, 5.74) is 3.62. The normalized spacial score (nSPS) is 18.3. The number of pyridine rings is 1. The maximum atomic E-state index is 12.7. The molecule has 5 rings (SSSR count). The predicted molar refractivity (Wildman–Crippen MR) is 113 cm³/mol. The molecule has 1 atom stereocenters. The number of carbonyl (C=O) groups excluding carboxylic acids is 1. The SMILES string of the molecule is O=C(CSc1nnc(-c2ccncc2)n1C1CC1)N[C@@H]1CCCc2ccccc21. The molecule has 2 aliphatic rings. The van der Waals surface area contributed by atoms with Crippen molar-refractivity contribution in [2.45, 2.75) is 49.3 Å². The Morgan fingerprint density at radius 2 is 1.93 bits per heavy atom. The van der Waals surface area contributed by atoms with Crippen molar-refractivity contribution in [3.8, 4) is 11.4 Å². The summed E-state index contributed by atoms with van der Waals surface area (Å²) >= 11 is 1.47. The molecular formula is C22H23N5OS. The quantitative estimate of drug-likeness (QED) is 0.629. The van der Waals surface area contributed by atoms with Crippen molar-refractivity contribution < 1.29 is 4.79 Å². The van der Waals surface area contributed by atoms with Crippen LogP contribution in [-0.4, -0.2) is 31.4 Å². The van der Waals surface area contributed by atoms with Crippen molar-refractivity contribution >= 4 is 17.7 Å². The van der Waals surface area contributed by atoms with E-state index >= 15 is 0 Å². The lowest BCUT2D eigenvalue weighted by Gasteiger charge is -2.26. The van der Waals surface area contributed by atoms with Gasteiger partial charge in [0.2, 0.25) is 5.91 Å². The van der Waals surface area contributed by atoms with Gasteiger partial charge in [-0.1, -0.05) is 36.0 Å². The van der Waals surface area contributed by atoms with E-state index in [0.717, 1.165) is 48.6 Å². The molecule has 148 valence electrons. The van der Waals surface area contributed by atoms with E-state index in [2.05, 4.69) is 49.3 Å². The summed E-state index contributed by atoms with van der Waals surface area (Å²) in [4.78, 5) is 16.8. The molecule has 0 saturated heterocycles. The fourth-order valence-corrected chi connectivity index (χ4v) is 4.82. The van der Waals surface area contributed by atoms with E-state index < -0.39 is 0 Å². The molecule has 0 spiro atoms. The first-order valence-corrected chi connectivity index (χ1v) is 11.1. The molecule has 1 N–H and O–H groups in total. The second kappa shape index (κ2) is 7.99. The molecule has 2 heterocycles. The fraction of sp³-hybridized carbons (Fsp3) is 0.364. The van der Waals surface area contributed by atoms with Crippen molar-refractivity contribution in [3.63, 3.8) is 0 Å². The van der Waals surface area contributed by atoms with Gasteiger partial charge in [0.05, 0.1) is 11.8 Å². The lowest BCUT2D eigenvalue weighted by molar-refractivity contribution is -0.119. The van der Waals surface area contributed by atoms with Crippen LogP contribution in [0, 0.1) is 0 Å². The van der Waals surface area contributed by atoms with Crippen molar-refractivity contribution in [2.75, 3.05) is 5.75 Å². The Morgan fingerprint density at radius 3 is 2.76 bits per heavy atom. The van der Waals surface area contributed by atoms with Crippen LogP contribution in [0.3, 0.4) is 0 Å². The van der Waals surface area contributed by atoms with E-state index in [1.807, 2.05) is 12.1 Å². The van der Waals surface area contributed by atoms with Crippen molar-refractivity contribution in [1.82, 2.24) is 25.1 Å². The monoisotopic (exact) mass is 405 g/mol. The average Bonchev–Trinajstić information content (AvgIpc) is 3.52. The number of carbonyl (C=O) groups is 1. The number of fused-ring (bicyclic) bond motifs is 1. The Hall–Kier alpha value is -2.67. The molecule has 3 aromatic rings. The number of hydrogen-bond acceptors (Lipinski definition) is 5. The highest BCUT2D eigenvalue weighted by atomic mass is 32.2. The molecule has 1 aromatic carbocycles. The van der Waals surface area contributed by atoms with E-state index in [4.69, 9.17) is 0 Å². The number of aryl methyl sites for hydroxylation is 1. The second-order valence-corrected chi connectivity index (χ2v) is 8.59. The third kappa shape index (κ3) is 3.92. The summed E-state index contributed by atoms with van der Waals surface area (Å²) in [6, 6.07) is 12.9. The van der Waals surface area contributed by atoms with Gasteiger partial charge in [0, 0.05) is 24.0 Å². The van der Waals surface area contributed by atoms with Crippen LogP contribution in [0.15, 0.2) is 53.9 Å². The molecule has 1 saturated carbocycles. The van der Waals surface area contributed by atoms with E-state index in [1.165, 1.54) is 22.9 Å². The maximum absolute atomic E-state index is 12.7. The minimum absolute atomic E-state index is 0.0486. The molecule has 6 nitrogen and oxygen atoms in total. The first-order chi connectivity index (χ1) is 14.3. The molecule has 2 aromatic heterocycles. The standard InChI is InChI=1S/C22H23N5OS/c28-20(24-19-7-3-5-15-4-1-2-6-18(15)19)14-29-22-26-25-21(27(22)17-8-9-17)16-10-12-23-13-11-16/h1-2,4,6,10-13,17,19H,3,5,7-9,14H2,(H,24,28)/t19-/m1/s1. The lowest BCUT2D eigenvalue weighted by atomic mass is 9.88. The molecule has 1 amide bonds. The number of rotatable bonds is 6. The largest absolute Gasteiger partial charge is 0.349 e. The zero-order chi connectivity index (χ0) is 19.6. The molecule has 0 bridgehead atoms. The molecule has 7 heteroatoms. The molecular weight excluding hydrogens is 382 g/mol. The average molecular weight is 406 g/mol. The van der Waals surface area contributed by atoms with E-state index in [9.17, 15) is 4.79 Å². The van der Waals surface area contributed by atoms with Gasteiger partial charge in [-0.2, -0.15) is 0 Å². The zero-order valence-corrected chi connectivity index (χ0v) is 16.9. The first-order valence-electron chi connectivity index (χ1n) is 10.1. The Morgan fingerprint density at radius 1 is 1.10 bits per heavy atom. The molecule has 0 aliphatic heterocycles. The van der Waals surface area contributed by atoms with Crippen LogP contribution < -0.4 is 5.32 Å². The van der Waals surface area contributed by atoms with Crippen molar-refractivity contribution in [1.29, 1.82) is 0 Å². The summed E-state index contributed by atoms with van der Waals surface area (Å²) in [7, 11) is 0. The van der Waals surface area contributed by atoms with Gasteiger partial charge in [0.1, 0.15) is 0 Å². The topological polar surface area (TPSA) is 72.7 Å². The van der Waals surface area contributed by atoms with Gasteiger partial charge in [-0.05, 0) is 55.4 Å². The van der Waals surface area contributed by atoms with Gasteiger partial charge in [0.25, 0.3) is 0 Å². The van der Waals surface area contributed by atoms with Gasteiger partial charge >= 0.3 is 0 Å². The van der Waals surface area contributed by atoms with Crippen molar-refractivity contribution in [3.05, 3.63) is 59.9 Å². The van der Waals surface area contributed by atoms with Crippen LogP contribution in [0.4, 0.5) is 0 Å². The van der Waals surface area contributed by atoms with Gasteiger partial charge in [-0.25, -0.2) is 0 Å². The summed E-state index contributed by atoms with van der Waals surface area (Å²) in [5.74, 6) is 1.26. The molecule has 1 fully saturated rings. The third-order valence-corrected chi connectivity index (χ3v) is 6.50. The van der Waals surface area contributed by atoms with E-state index in [1.54, 1.807) is 12.4 Å². The lowest BCUT2D eigenvalue weighted by Crippen LogP contribution is -2.32. The summed E-state index contributed by atoms with van der Waals surface area (Å²) in [6.45, 7) is 0. The maximum Gasteiger partial charge on any atom is 0.230 e. The number of hydrogen-bond donors (Lipinski definition) is 1. The molecule has 0 unspecified atom stereocenters. The van der Waals surface area contributed by atoms with Crippen LogP contribution in [-0.2, 0) is 11.2 Å². The summed E-state index contributed by atoms with van der Waals surface area (Å²) < 4.78 is 2.18. The van der Waals surface area contributed by atoms with E-state index in [0.29, 0.717) is 11.8 Å². The van der Waals surface area contributed by atoms with Crippen molar-refractivity contribution in [2.24, 2.45) is 0 Å². The number of benzene rings is 1. The summed E-state index contributed by atoms with van der Waals surface area (Å²) in [5, 5.41) is 12.8. The fourth-order valence-electron chi connectivity index (χ4n) is 4.01. The Balaban J connectivity index is 1.28. The number of amides is 1. The third-order valence-electron chi connectivity index (χ3n) is 5.55. The minimum atomic E-state index is 0.0486. The van der Waals surface area contributed by atoms with Crippen LogP contribution in [0.5, 0.6) is 0 Å². The zero-order valence-electron chi connectivity index (χ0n) is 16.1. The molecule has 29 heavy (non-hydrogen) atoms. The van der Waals surface area contributed by atoms with Crippen LogP contribution in [0.2, 0.25) is 0 Å². The molecule has 0 radical (unpaired) electrons. The molecule has 2 aliphatic carbocycles. The highest BCUT2D eigenvalue weighted by Gasteiger charge is 2.30. The Kier molecular flexibility index (Phi) is 5.06. The van der Waals surface area contributed by atoms with Crippen LogP contribution >= 0.6 is 11.8 Å². The first kappa shape index (κ1) is 18.4. The van der Waals surface area contributed by atoms with Gasteiger partial charge in [-0.15, -0.1) is 10.2 Å². The number of nitrogens with zero attached hydrogens (tertiary/aromatic N) is 4. The minimum Gasteiger partial charge on any atom is -0.349 e. The predicted octanol–water partition coefficient (Wildman–Crippen LogP) is 3.96. The highest BCUT2D eigenvalue weighted by Crippen LogP contribution is 2.41. The second-order valence-electron chi connectivity index (χ2n) is 7.64. The Bertz CT molecular complexity index is 1020. The van der Waals surface area contributed by atoms with Crippen LogP contribution in [0.25, 0.3) is 11.4 Å². The van der Waals surface area contributed by atoms with E-state index in [-0.39, 0.29) is 11.9 Å². The van der Waals surface area contributed by atoms with Gasteiger partial charge < -0.3 is 5.32 Å². The Labute approximate surface area is 174 Å². The number of aromatic nitrogens is 4. The van der Waals surface area contributed by atoms with Gasteiger partial charge in [0.15, 0.2) is 11.0 Å². The number of nitrogens with one attached hydrogen (secondary N) is 1. The van der Waals surface area contributed by atoms with Gasteiger partial charge in [-0.3, -0.25) is 14.3 Å². The van der Waals surface area contributed by atoms with Crippen LogP contribution in [0.1, 0.15) is 48.9 Å². The number of thioether (sulfide) groups is 1. The smallest absolute Gasteiger partial charge is 0.230 e.